The van der Waals surface area contributed by atoms with Gasteiger partial charge in [0.2, 0.25) is 0 Å². The first-order valence-corrected chi connectivity index (χ1v) is 8.34. The highest BCUT2D eigenvalue weighted by Crippen LogP contribution is 2.26. The monoisotopic (exact) mass is 396 g/mol. The minimum atomic E-state index is -2.75. The van der Waals surface area contributed by atoms with E-state index in [1.807, 2.05) is 0 Å². The average molecular weight is 396 g/mol. The van der Waals surface area contributed by atoms with E-state index in [1.54, 1.807) is 0 Å². The van der Waals surface area contributed by atoms with Crippen LogP contribution in [-0.4, -0.2) is 42.3 Å². The molecule has 2 rings (SSSR count). The van der Waals surface area contributed by atoms with Crippen LogP contribution < -0.4 is 5.32 Å². The van der Waals surface area contributed by atoms with E-state index >= 15 is 0 Å². The number of ether oxygens (including phenoxy) is 2. The molecule has 1 heterocycles. The van der Waals surface area contributed by atoms with E-state index in [-0.39, 0.29) is 22.4 Å². The molecule has 0 unspecified atom stereocenters. The summed E-state index contributed by atoms with van der Waals surface area (Å²) in [5.74, 6) is -4.85. The molecule has 0 fully saturated rings. The number of hydrogen-bond acceptors (Lipinski definition) is 7. The van der Waals surface area contributed by atoms with Crippen LogP contribution in [0.15, 0.2) is 47.6 Å². The van der Waals surface area contributed by atoms with Crippen LogP contribution in [0.25, 0.3) is 0 Å². The summed E-state index contributed by atoms with van der Waals surface area (Å²) in [5.41, 5.74) is 0.527. The number of carbonyl (C=O) groups excluding carboxylic acids is 3. The highest BCUT2D eigenvalue weighted by Gasteiger charge is 2.18. The maximum atomic E-state index is 12.5. The second-order valence-electron chi connectivity index (χ2n) is 4.93. The van der Waals surface area contributed by atoms with Crippen molar-refractivity contribution in [2.24, 2.45) is 0 Å². The first kappa shape index (κ1) is 20.3. The molecule has 1 N–H and O–H groups in total. The maximum Gasteiger partial charge on any atom is 0.341 e. The molecule has 142 valence electrons. The topological polar surface area (TPSA) is 94.6 Å². The van der Waals surface area contributed by atoms with Gasteiger partial charge in [-0.1, -0.05) is 0 Å². The summed E-state index contributed by atoms with van der Waals surface area (Å²) < 4.78 is 34.4. The number of carbonyl (C=O) groups is 3. The van der Waals surface area contributed by atoms with Crippen molar-refractivity contribution in [1.29, 1.82) is 0 Å². The molecule has 10 heteroatoms. The molecule has 0 radical (unpaired) electrons. The van der Waals surface area contributed by atoms with Crippen molar-refractivity contribution < 1.29 is 32.6 Å². The number of rotatable bonds is 7. The molecule has 1 aromatic heterocycles. The third-order valence-corrected chi connectivity index (χ3v) is 3.84. The molecule has 0 saturated carbocycles. The lowest BCUT2D eigenvalue weighted by Crippen LogP contribution is -2.21. The van der Waals surface area contributed by atoms with Gasteiger partial charge in [-0.25, -0.2) is 14.6 Å². The Morgan fingerprint density at radius 2 is 1.85 bits per heavy atom. The number of methoxy groups -OCH3 is 1. The van der Waals surface area contributed by atoms with E-state index in [1.165, 1.54) is 49.7 Å². The number of benzene rings is 1. The van der Waals surface area contributed by atoms with Crippen molar-refractivity contribution >= 4 is 35.3 Å². The Balaban J connectivity index is 1.92. The van der Waals surface area contributed by atoms with Crippen LogP contribution in [0.4, 0.5) is 14.5 Å². The van der Waals surface area contributed by atoms with E-state index in [9.17, 15) is 23.2 Å². The molecule has 27 heavy (non-hydrogen) atoms. The maximum absolute atomic E-state index is 12.5. The molecule has 0 saturated heterocycles. The van der Waals surface area contributed by atoms with E-state index in [0.29, 0.717) is 11.3 Å². The van der Waals surface area contributed by atoms with Gasteiger partial charge in [0.15, 0.2) is 6.61 Å². The number of hydrogen-bond donors (Lipinski definition) is 1. The quantitative estimate of drug-likeness (QED) is 0.568. The Morgan fingerprint density at radius 1 is 1.15 bits per heavy atom. The lowest BCUT2D eigenvalue weighted by atomic mass is 10.2. The number of halogens is 2. The summed E-state index contributed by atoms with van der Waals surface area (Å²) in [6.45, 7) is -0.620. The van der Waals surface area contributed by atoms with Gasteiger partial charge in [0.25, 0.3) is 11.7 Å². The number of thioether (sulfide) groups is 1. The number of alkyl halides is 2. The Labute approximate surface area is 157 Å². The fourth-order valence-electron chi connectivity index (χ4n) is 1.94. The van der Waals surface area contributed by atoms with E-state index in [4.69, 9.17) is 4.74 Å². The number of anilines is 1. The van der Waals surface area contributed by atoms with Crippen molar-refractivity contribution in [3.63, 3.8) is 0 Å². The molecular weight excluding hydrogens is 382 g/mol. The van der Waals surface area contributed by atoms with E-state index in [2.05, 4.69) is 15.0 Å². The Kier molecular flexibility index (Phi) is 7.24. The Bertz CT molecular complexity index is 830. The third kappa shape index (κ3) is 6.03. The molecule has 0 atom stereocenters. The highest BCUT2D eigenvalue weighted by molar-refractivity contribution is 7.99. The van der Waals surface area contributed by atoms with Crippen LogP contribution in [0, 0.1) is 0 Å². The van der Waals surface area contributed by atoms with Crippen molar-refractivity contribution in [1.82, 2.24) is 4.98 Å². The van der Waals surface area contributed by atoms with Gasteiger partial charge in [-0.05, 0) is 48.2 Å². The lowest BCUT2D eigenvalue weighted by molar-refractivity contribution is -0.119. The zero-order valence-electron chi connectivity index (χ0n) is 14.0. The van der Waals surface area contributed by atoms with Crippen LogP contribution >= 0.6 is 11.8 Å². The van der Waals surface area contributed by atoms with Crippen LogP contribution in [-0.2, 0) is 14.3 Å². The fraction of sp³-hybridized carbons (Fsp3) is 0.176. The summed E-state index contributed by atoms with van der Waals surface area (Å²) in [6, 6.07) is 8.54. The normalized spacial score (nSPS) is 10.4. The predicted octanol–water partition coefficient (Wildman–Crippen LogP) is 2.98. The van der Waals surface area contributed by atoms with Crippen molar-refractivity contribution in [2.45, 2.75) is 10.8 Å². The molecule has 1 aromatic carbocycles. The van der Waals surface area contributed by atoms with Crippen LogP contribution in [0.3, 0.4) is 0 Å². The number of nitrogens with zero attached hydrogens (tertiary/aromatic N) is 1. The molecule has 0 aliphatic rings. The van der Waals surface area contributed by atoms with Gasteiger partial charge in [0.05, 0.1) is 18.2 Å². The van der Waals surface area contributed by atoms with Crippen LogP contribution in [0.5, 0.6) is 0 Å². The molecular formula is C17H14F2N2O5S. The van der Waals surface area contributed by atoms with Crippen LogP contribution in [0.1, 0.15) is 20.7 Å². The smallest absolute Gasteiger partial charge is 0.341 e. The summed E-state index contributed by atoms with van der Waals surface area (Å²) in [7, 11) is 1.25. The average Bonchev–Trinajstić information content (AvgIpc) is 2.66. The second kappa shape index (κ2) is 9.62. The molecule has 1 amide bonds. The van der Waals surface area contributed by atoms with Gasteiger partial charge in [-0.15, -0.1) is 0 Å². The minimum Gasteiger partial charge on any atom is -0.465 e. The summed E-state index contributed by atoms with van der Waals surface area (Å²) in [4.78, 5) is 38.9. The number of nitrogens with one attached hydrogen (secondary N) is 1. The van der Waals surface area contributed by atoms with Gasteiger partial charge < -0.3 is 14.8 Å². The first-order valence-electron chi connectivity index (χ1n) is 7.46. The van der Waals surface area contributed by atoms with Gasteiger partial charge in [0.1, 0.15) is 5.03 Å². The zero-order chi connectivity index (χ0) is 19.8. The highest BCUT2D eigenvalue weighted by atomic mass is 32.2. The standard InChI is InChI=1S/C17H14F2N2O5S/c1-25-15(23)10-4-6-11(7-5-10)21-13(22)9-26-16(24)12-3-2-8-20-14(12)27-17(18)19/h2-8,17H,9H2,1H3,(H,21,22). The van der Waals surface area contributed by atoms with E-state index < -0.39 is 30.2 Å². The van der Waals surface area contributed by atoms with Gasteiger partial charge in [-0.3, -0.25) is 4.79 Å². The number of amides is 1. The Morgan fingerprint density at radius 3 is 2.48 bits per heavy atom. The SMILES string of the molecule is COC(=O)c1ccc(NC(=O)COC(=O)c2cccnc2SC(F)F)cc1. The third-order valence-electron chi connectivity index (χ3n) is 3.12. The molecule has 7 nitrogen and oxygen atoms in total. The first-order chi connectivity index (χ1) is 12.9. The molecule has 0 bridgehead atoms. The Hall–Kier alpha value is -3.01. The molecule has 0 aliphatic carbocycles. The fourth-order valence-corrected chi connectivity index (χ4v) is 2.51. The van der Waals surface area contributed by atoms with Gasteiger partial charge in [0, 0.05) is 11.9 Å². The van der Waals surface area contributed by atoms with Gasteiger partial charge in [-0.2, -0.15) is 8.78 Å². The van der Waals surface area contributed by atoms with Crippen LogP contribution in [0.2, 0.25) is 0 Å². The zero-order valence-corrected chi connectivity index (χ0v) is 14.8. The largest absolute Gasteiger partial charge is 0.465 e. The summed E-state index contributed by atoms with van der Waals surface area (Å²) in [5, 5.41) is 2.29. The number of esters is 2. The molecule has 2 aromatic rings. The second-order valence-corrected chi connectivity index (χ2v) is 5.91. The molecule has 0 aliphatic heterocycles. The number of aromatic nitrogens is 1. The van der Waals surface area contributed by atoms with Crippen molar-refractivity contribution in [2.75, 3.05) is 19.0 Å². The lowest BCUT2D eigenvalue weighted by Gasteiger charge is -2.09. The predicted molar refractivity (Wildman–Crippen MR) is 92.8 cm³/mol. The van der Waals surface area contributed by atoms with Crippen molar-refractivity contribution in [3.8, 4) is 0 Å². The summed E-state index contributed by atoms with van der Waals surface area (Å²) in [6.07, 6.45) is 1.27. The number of pyridine rings is 1. The minimum absolute atomic E-state index is 0.112. The van der Waals surface area contributed by atoms with Crippen molar-refractivity contribution in [3.05, 3.63) is 53.7 Å². The van der Waals surface area contributed by atoms with E-state index in [0.717, 1.165) is 0 Å². The summed E-state index contributed by atoms with van der Waals surface area (Å²) >= 11 is 0.112. The molecule has 0 spiro atoms. The van der Waals surface area contributed by atoms with Gasteiger partial charge >= 0.3 is 11.9 Å².